The van der Waals surface area contributed by atoms with E-state index in [0.717, 1.165) is 17.1 Å². The lowest BCUT2D eigenvalue weighted by atomic mass is 10.2. The Labute approximate surface area is 113 Å². The number of aromatic nitrogens is 1. The molecule has 1 atom stereocenters. The van der Waals surface area contributed by atoms with Crippen molar-refractivity contribution < 1.29 is 9.18 Å². The van der Waals surface area contributed by atoms with Gasteiger partial charge in [-0.1, -0.05) is 17.7 Å². The summed E-state index contributed by atoms with van der Waals surface area (Å²) < 4.78 is 13.0. The first-order chi connectivity index (χ1) is 8.58. The Hall–Kier alpha value is -1.46. The van der Waals surface area contributed by atoms with Crippen molar-refractivity contribution in [3.63, 3.8) is 0 Å². The zero-order valence-electron chi connectivity index (χ0n) is 9.48. The van der Waals surface area contributed by atoms with Crippen molar-refractivity contribution in [1.82, 2.24) is 10.3 Å². The van der Waals surface area contributed by atoms with E-state index in [2.05, 4.69) is 10.3 Å². The molecule has 0 aliphatic carbocycles. The maximum absolute atomic E-state index is 13.0. The second kappa shape index (κ2) is 5.46. The van der Waals surface area contributed by atoms with E-state index >= 15 is 0 Å². The van der Waals surface area contributed by atoms with Gasteiger partial charge in [-0.25, -0.2) is 9.37 Å². The molecule has 1 amide bonds. The third kappa shape index (κ3) is 2.86. The molecule has 0 aliphatic rings. The van der Waals surface area contributed by atoms with Gasteiger partial charge in [0.2, 0.25) is 0 Å². The molecule has 2 aromatic heterocycles. The smallest absolute Gasteiger partial charge is 0.255 e. The van der Waals surface area contributed by atoms with Crippen molar-refractivity contribution >= 4 is 28.8 Å². The van der Waals surface area contributed by atoms with E-state index in [9.17, 15) is 9.18 Å². The van der Waals surface area contributed by atoms with Gasteiger partial charge in [0.15, 0.2) is 0 Å². The Morgan fingerprint density at radius 3 is 3.06 bits per heavy atom. The Morgan fingerprint density at radius 2 is 2.39 bits per heavy atom. The normalized spacial score (nSPS) is 12.2. The fourth-order valence-corrected chi connectivity index (χ4v) is 2.39. The zero-order valence-corrected chi connectivity index (χ0v) is 11.1. The molecule has 0 aromatic carbocycles. The Bertz CT molecular complexity index is 559. The van der Waals surface area contributed by atoms with Crippen molar-refractivity contribution in [2.24, 2.45) is 0 Å². The fraction of sp³-hybridized carbons (Fsp3) is 0.167. The van der Waals surface area contributed by atoms with Gasteiger partial charge in [-0.2, -0.15) is 0 Å². The fourth-order valence-electron chi connectivity index (χ4n) is 1.46. The summed E-state index contributed by atoms with van der Waals surface area (Å²) >= 11 is 7.30. The van der Waals surface area contributed by atoms with Crippen LogP contribution in [0.25, 0.3) is 0 Å². The minimum absolute atomic E-state index is 0.00715. The third-order valence-corrected chi connectivity index (χ3v) is 3.72. The van der Waals surface area contributed by atoms with Gasteiger partial charge in [-0.05, 0) is 24.4 Å². The second-order valence-electron chi connectivity index (χ2n) is 3.70. The molecule has 2 aromatic rings. The van der Waals surface area contributed by atoms with E-state index in [-0.39, 0.29) is 16.8 Å². The number of rotatable bonds is 3. The summed E-state index contributed by atoms with van der Waals surface area (Å²) in [6, 6.07) is 4.74. The lowest BCUT2D eigenvalue weighted by Gasteiger charge is -2.12. The molecule has 3 nitrogen and oxygen atoms in total. The first kappa shape index (κ1) is 13.0. The van der Waals surface area contributed by atoms with Crippen LogP contribution in [0.3, 0.4) is 0 Å². The number of nitrogens with one attached hydrogen (secondary N) is 1. The topological polar surface area (TPSA) is 42.0 Å². The molecule has 0 radical (unpaired) electrons. The maximum atomic E-state index is 13.0. The number of carbonyl (C=O) groups excluding carboxylic acids is 1. The largest absolute Gasteiger partial charge is 0.345 e. The van der Waals surface area contributed by atoms with Gasteiger partial charge in [0.05, 0.1) is 17.8 Å². The van der Waals surface area contributed by atoms with Crippen LogP contribution >= 0.6 is 22.9 Å². The molecule has 0 bridgehead atoms. The Kier molecular flexibility index (Phi) is 3.93. The highest BCUT2D eigenvalue weighted by Crippen LogP contribution is 2.20. The number of halogens is 2. The van der Waals surface area contributed by atoms with Crippen molar-refractivity contribution in [3.05, 3.63) is 51.2 Å². The first-order valence-corrected chi connectivity index (χ1v) is 6.49. The molecular weight excluding hydrogens is 275 g/mol. The van der Waals surface area contributed by atoms with Crippen LogP contribution in [0, 0.1) is 5.82 Å². The summed E-state index contributed by atoms with van der Waals surface area (Å²) in [5.74, 6) is -1.03. The molecule has 1 unspecified atom stereocenters. The standard InChI is InChI=1S/C12H10ClFN2OS/c1-7(10-3-2-4-18-10)16-12(17)9-5-8(14)6-15-11(9)13/h2-7H,1H3,(H,16,17). The van der Waals surface area contributed by atoms with E-state index in [0.29, 0.717) is 0 Å². The predicted octanol–water partition coefficient (Wildman–Crippen LogP) is 3.43. The van der Waals surface area contributed by atoms with Crippen molar-refractivity contribution in [1.29, 1.82) is 0 Å². The van der Waals surface area contributed by atoms with Crippen LogP contribution in [0.2, 0.25) is 5.15 Å². The summed E-state index contributed by atoms with van der Waals surface area (Å²) in [4.78, 5) is 16.5. The monoisotopic (exact) mass is 284 g/mol. The quantitative estimate of drug-likeness (QED) is 0.878. The van der Waals surface area contributed by atoms with Gasteiger partial charge in [-0.15, -0.1) is 11.3 Å². The first-order valence-electron chi connectivity index (χ1n) is 5.23. The second-order valence-corrected chi connectivity index (χ2v) is 5.04. The Balaban J connectivity index is 2.15. The average Bonchev–Trinajstić information content (AvgIpc) is 2.85. The molecular formula is C12H10ClFN2OS. The predicted molar refractivity (Wildman–Crippen MR) is 69.4 cm³/mol. The van der Waals surface area contributed by atoms with Crippen molar-refractivity contribution in [3.8, 4) is 0 Å². The molecule has 2 heterocycles. The number of carbonyl (C=O) groups is 1. The molecule has 0 spiro atoms. The van der Waals surface area contributed by atoms with Gasteiger partial charge >= 0.3 is 0 Å². The maximum Gasteiger partial charge on any atom is 0.255 e. The summed E-state index contributed by atoms with van der Waals surface area (Å²) in [6.07, 6.45) is 0.974. The lowest BCUT2D eigenvalue weighted by molar-refractivity contribution is 0.0940. The van der Waals surface area contributed by atoms with Crippen LogP contribution < -0.4 is 5.32 Å². The van der Waals surface area contributed by atoms with E-state index < -0.39 is 11.7 Å². The average molecular weight is 285 g/mol. The molecule has 1 N–H and O–H groups in total. The number of thiophene rings is 1. The van der Waals surface area contributed by atoms with Gasteiger partial charge in [0.25, 0.3) is 5.91 Å². The summed E-state index contributed by atoms with van der Waals surface area (Å²) in [5, 5.41) is 4.67. The number of hydrogen-bond acceptors (Lipinski definition) is 3. The molecule has 2 rings (SSSR count). The lowest BCUT2D eigenvalue weighted by Crippen LogP contribution is -2.26. The minimum atomic E-state index is -0.590. The van der Waals surface area contributed by atoms with E-state index in [1.165, 1.54) is 11.3 Å². The molecule has 0 aliphatic heterocycles. The highest BCUT2D eigenvalue weighted by atomic mass is 35.5. The minimum Gasteiger partial charge on any atom is -0.345 e. The molecule has 0 saturated carbocycles. The highest BCUT2D eigenvalue weighted by molar-refractivity contribution is 7.10. The summed E-state index contributed by atoms with van der Waals surface area (Å²) in [5.41, 5.74) is 0.0417. The number of nitrogens with zero attached hydrogens (tertiary/aromatic N) is 1. The van der Waals surface area contributed by atoms with Crippen molar-refractivity contribution in [2.75, 3.05) is 0 Å². The van der Waals surface area contributed by atoms with Gasteiger partial charge in [0.1, 0.15) is 11.0 Å². The number of pyridine rings is 1. The Morgan fingerprint density at radius 1 is 1.61 bits per heavy atom. The van der Waals surface area contributed by atoms with Crippen LogP contribution in [0.4, 0.5) is 4.39 Å². The SMILES string of the molecule is CC(NC(=O)c1cc(F)cnc1Cl)c1cccs1. The van der Waals surface area contributed by atoms with Crippen molar-refractivity contribution in [2.45, 2.75) is 13.0 Å². The molecule has 0 fully saturated rings. The summed E-state index contributed by atoms with van der Waals surface area (Å²) in [6.45, 7) is 1.85. The highest BCUT2D eigenvalue weighted by Gasteiger charge is 2.16. The van der Waals surface area contributed by atoms with E-state index in [4.69, 9.17) is 11.6 Å². The summed E-state index contributed by atoms with van der Waals surface area (Å²) in [7, 11) is 0. The van der Waals surface area contributed by atoms with Crippen LogP contribution in [-0.4, -0.2) is 10.9 Å². The van der Waals surface area contributed by atoms with Gasteiger partial charge in [-0.3, -0.25) is 4.79 Å². The molecule has 6 heteroatoms. The number of hydrogen-bond donors (Lipinski definition) is 1. The molecule has 18 heavy (non-hydrogen) atoms. The molecule has 0 saturated heterocycles. The van der Waals surface area contributed by atoms with E-state index in [1.807, 2.05) is 24.4 Å². The number of amides is 1. The third-order valence-electron chi connectivity index (χ3n) is 2.37. The van der Waals surface area contributed by atoms with Gasteiger partial charge < -0.3 is 5.32 Å². The van der Waals surface area contributed by atoms with Crippen LogP contribution in [0.1, 0.15) is 28.2 Å². The van der Waals surface area contributed by atoms with Gasteiger partial charge in [0, 0.05) is 4.88 Å². The van der Waals surface area contributed by atoms with Crippen LogP contribution in [0.15, 0.2) is 29.8 Å². The van der Waals surface area contributed by atoms with Crippen LogP contribution in [0.5, 0.6) is 0 Å². The molecule has 94 valence electrons. The van der Waals surface area contributed by atoms with E-state index in [1.54, 1.807) is 0 Å². The zero-order chi connectivity index (χ0) is 13.1. The van der Waals surface area contributed by atoms with Crippen LogP contribution in [-0.2, 0) is 0 Å².